The van der Waals surface area contributed by atoms with Crippen LogP contribution in [-0.4, -0.2) is 0 Å². The molecule has 2 nitrogen and oxygen atoms in total. The maximum atomic E-state index is 6.11. The molecule has 0 bridgehead atoms. The van der Waals surface area contributed by atoms with Crippen LogP contribution in [0.5, 0.6) is 5.75 Å². The van der Waals surface area contributed by atoms with Crippen molar-refractivity contribution in [3.8, 4) is 25.9 Å². The summed E-state index contributed by atoms with van der Waals surface area (Å²) >= 11 is 3.60. The Bertz CT molecular complexity index is 2830. The second kappa shape index (κ2) is 15.9. The number of nitrogens with two attached hydrogens (primary N) is 1. The predicted octanol–water partition coefficient (Wildman–Crippen LogP) is 12.1. The number of thiophene rings is 2. The Kier molecular flexibility index (Phi) is 10.1. The van der Waals surface area contributed by atoms with Gasteiger partial charge in [-0.1, -0.05) is 134 Å². The van der Waals surface area contributed by atoms with Crippen molar-refractivity contribution in [2.75, 3.05) is 5.73 Å². The fourth-order valence-electron chi connectivity index (χ4n) is 7.60. The van der Waals surface area contributed by atoms with E-state index < -0.39 is 0 Å². The Morgan fingerprint density at radius 1 is 0.661 bits per heavy atom. The molecule has 0 amide bonds. The van der Waals surface area contributed by atoms with Gasteiger partial charge in [-0.2, -0.15) is 0 Å². The summed E-state index contributed by atoms with van der Waals surface area (Å²) in [5.41, 5.74) is 19.3. The zero-order chi connectivity index (χ0) is 37.8. The molecule has 4 heteroatoms. The number of nitrogen functional groups attached to an aromatic ring is 1. The van der Waals surface area contributed by atoms with Gasteiger partial charge in [0.05, 0.1) is 5.69 Å². The van der Waals surface area contributed by atoms with Gasteiger partial charge in [-0.25, -0.2) is 0 Å². The Morgan fingerprint density at radius 3 is 2.36 bits per heavy atom. The number of anilines is 1. The quantitative estimate of drug-likeness (QED) is 0.149. The van der Waals surface area contributed by atoms with Crippen LogP contribution in [0.4, 0.5) is 5.69 Å². The summed E-state index contributed by atoms with van der Waals surface area (Å²) in [5, 5.41) is 2.16. The zero-order valence-electron chi connectivity index (χ0n) is 31.1. The van der Waals surface area contributed by atoms with E-state index in [9.17, 15) is 0 Å². The van der Waals surface area contributed by atoms with Gasteiger partial charge in [0.2, 0.25) is 0 Å². The smallest absolute Gasteiger partial charge is 0.142 e. The fourth-order valence-corrected chi connectivity index (χ4v) is 9.62. The molecule has 0 aliphatic heterocycles. The fraction of sp³-hybridized carbons (Fsp3) is 0.0769. The van der Waals surface area contributed by atoms with E-state index in [4.69, 9.17) is 10.5 Å². The normalized spacial score (nSPS) is 13.7. The molecule has 0 unspecified atom stereocenters. The van der Waals surface area contributed by atoms with E-state index in [2.05, 4.69) is 158 Å². The lowest BCUT2D eigenvalue weighted by Gasteiger charge is -2.18. The van der Waals surface area contributed by atoms with E-state index >= 15 is 0 Å². The average molecular weight is 760 g/mol. The standard InChI is InChI=1S/C52H41NOS2/c1-35-12-5-8-19-45(35)52(42-23-22-38-14-3-2-4-16-40(38)32-42)46-26-24-41(33-43(46)31-36-13-11-18-37-15-6-7-17-39(37)30-36)49-28-29-51(56-49)50-27-25-44(55-50)34-54-48-21-10-9-20-47(48)53/h3-17,19-30,32-33H,1-2,18,31,34,53H2/b52-45-. The lowest BCUT2D eigenvalue weighted by atomic mass is 9.86. The summed E-state index contributed by atoms with van der Waals surface area (Å²) in [4.78, 5) is 4.89. The van der Waals surface area contributed by atoms with Gasteiger partial charge in [-0.05, 0) is 134 Å². The van der Waals surface area contributed by atoms with Crippen molar-refractivity contribution in [2.45, 2.75) is 25.9 Å². The first kappa shape index (κ1) is 35.5. The molecule has 0 saturated heterocycles. The second-order valence-corrected chi connectivity index (χ2v) is 16.5. The maximum absolute atomic E-state index is 6.11. The highest BCUT2D eigenvalue weighted by atomic mass is 32.1. The van der Waals surface area contributed by atoms with Gasteiger partial charge in [-0.15, -0.1) is 22.7 Å². The summed E-state index contributed by atoms with van der Waals surface area (Å²) < 4.78 is 6.05. The molecule has 2 N–H and O–H groups in total. The summed E-state index contributed by atoms with van der Waals surface area (Å²) in [7, 11) is 0. The molecular weight excluding hydrogens is 719 g/mol. The van der Waals surface area contributed by atoms with E-state index in [0.717, 1.165) is 40.3 Å². The van der Waals surface area contributed by atoms with Gasteiger partial charge in [0.15, 0.2) is 0 Å². The molecule has 7 aromatic rings. The number of fused-ring (bicyclic) bond motifs is 2. The highest BCUT2D eigenvalue weighted by molar-refractivity contribution is 7.23. The molecule has 2 aliphatic rings. The molecule has 2 aliphatic carbocycles. The maximum Gasteiger partial charge on any atom is 0.142 e. The van der Waals surface area contributed by atoms with Gasteiger partial charge in [0, 0.05) is 19.5 Å². The molecule has 0 fully saturated rings. The van der Waals surface area contributed by atoms with Gasteiger partial charge in [0.1, 0.15) is 12.4 Å². The van der Waals surface area contributed by atoms with Gasteiger partial charge in [-0.3, -0.25) is 0 Å². The molecule has 56 heavy (non-hydrogen) atoms. The van der Waals surface area contributed by atoms with Gasteiger partial charge >= 0.3 is 0 Å². The summed E-state index contributed by atoms with van der Waals surface area (Å²) in [6, 6.07) is 47.8. The number of ether oxygens (including phenoxy) is 1. The predicted molar refractivity (Wildman–Crippen MR) is 241 cm³/mol. The topological polar surface area (TPSA) is 35.2 Å². The SMILES string of the molecule is C=c1cccc/c1=C(\c1ccc2c(c1)C=CCC=C2)c1ccc(-c2ccc(-c3ccc(COc4ccccc4N)s3)s2)cc1CC1=Cc2ccccc2CC=C1. The third-order valence-electron chi connectivity index (χ3n) is 10.4. The lowest BCUT2D eigenvalue weighted by molar-refractivity contribution is 0.311. The molecule has 0 radical (unpaired) electrons. The minimum Gasteiger partial charge on any atom is -0.486 e. The van der Waals surface area contributed by atoms with Crippen LogP contribution >= 0.6 is 22.7 Å². The van der Waals surface area contributed by atoms with Crippen LogP contribution in [0, 0.1) is 0 Å². The first-order valence-corrected chi connectivity index (χ1v) is 20.7. The van der Waals surface area contributed by atoms with Crippen molar-refractivity contribution < 1.29 is 4.74 Å². The van der Waals surface area contributed by atoms with Crippen molar-refractivity contribution in [1.29, 1.82) is 0 Å². The number of rotatable bonds is 9. The zero-order valence-corrected chi connectivity index (χ0v) is 32.7. The van der Waals surface area contributed by atoms with Crippen LogP contribution < -0.4 is 20.9 Å². The third kappa shape index (κ3) is 7.54. The van der Waals surface area contributed by atoms with Gasteiger partial charge < -0.3 is 10.5 Å². The van der Waals surface area contributed by atoms with Crippen LogP contribution in [0.25, 0.3) is 50.6 Å². The van der Waals surface area contributed by atoms with Crippen LogP contribution in [0.3, 0.4) is 0 Å². The Morgan fingerprint density at radius 2 is 1.45 bits per heavy atom. The van der Waals surface area contributed by atoms with Gasteiger partial charge in [0.25, 0.3) is 0 Å². The largest absolute Gasteiger partial charge is 0.486 e. The number of allylic oxidation sites excluding steroid dienone is 5. The minimum atomic E-state index is 0.489. The summed E-state index contributed by atoms with van der Waals surface area (Å²) in [6.07, 6.45) is 18.6. The summed E-state index contributed by atoms with van der Waals surface area (Å²) in [6.45, 7) is 5.02. The molecule has 2 heterocycles. The van der Waals surface area contributed by atoms with E-state index in [1.165, 1.54) is 70.3 Å². The van der Waals surface area contributed by atoms with Crippen molar-refractivity contribution in [3.05, 3.63) is 218 Å². The van der Waals surface area contributed by atoms with Crippen LogP contribution in [0.2, 0.25) is 0 Å². The van der Waals surface area contributed by atoms with Crippen LogP contribution in [0.15, 0.2) is 163 Å². The van der Waals surface area contributed by atoms with E-state index in [0.29, 0.717) is 12.3 Å². The number of hydrogen-bond acceptors (Lipinski definition) is 4. The number of benzene rings is 5. The Hall–Kier alpha value is -6.20. The first-order chi connectivity index (χ1) is 27.6. The van der Waals surface area contributed by atoms with Crippen molar-refractivity contribution in [1.82, 2.24) is 0 Å². The summed E-state index contributed by atoms with van der Waals surface area (Å²) in [5.74, 6) is 0.717. The van der Waals surface area contributed by atoms with E-state index in [1.807, 2.05) is 35.6 Å². The Balaban J connectivity index is 1.13. The lowest BCUT2D eigenvalue weighted by Crippen LogP contribution is -2.26. The van der Waals surface area contributed by atoms with E-state index in [1.54, 1.807) is 11.3 Å². The Labute approximate surface area is 336 Å². The highest BCUT2D eigenvalue weighted by Crippen LogP contribution is 2.40. The van der Waals surface area contributed by atoms with Crippen LogP contribution in [-0.2, 0) is 19.4 Å². The molecule has 272 valence electrons. The van der Waals surface area contributed by atoms with Crippen molar-refractivity contribution >= 4 is 58.7 Å². The molecule has 5 aromatic carbocycles. The first-order valence-electron chi connectivity index (χ1n) is 19.1. The van der Waals surface area contributed by atoms with E-state index in [-0.39, 0.29) is 0 Å². The average Bonchev–Trinajstić information content (AvgIpc) is 3.78. The monoisotopic (exact) mass is 759 g/mol. The molecule has 2 aromatic heterocycles. The highest BCUT2D eigenvalue weighted by Gasteiger charge is 2.18. The minimum absolute atomic E-state index is 0.489. The van der Waals surface area contributed by atoms with Crippen molar-refractivity contribution in [3.63, 3.8) is 0 Å². The molecule has 0 atom stereocenters. The number of hydrogen-bond donors (Lipinski definition) is 1. The van der Waals surface area contributed by atoms with Crippen molar-refractivity contribution in [2.24, 2.45) is 0 Å². The molecular formula is C52H41NOS2. The third-order valence-corrected chi connectivity index (χ3v) is 12.8. The molecule has 0 spiro atoms. The number of para-hydroxylation sites is 2. The second-order valence-electron chi connectivity index (χ2n) is 14.2. The molecule has 9 rings (SSSR count). The molecule has 0 saturated carbocycles. The van der Waals surface area contributed by atoms with Crippen LogP contribution in [0.1, 0.15) is 50.2 Å².